The van der Waals surface area contributed by atoms with Gasteiger partial charge in [-0.3, -0.25) is 4.90 Å². The van der Waals surface area contributed by atoms with Crippen LogP contribution in [-0.4, -0.2) is 27.5 Å². The predicted octanol–water partition coefficient (Wildman–Crippen LogP) is 4.24. The van der Waals surface area contributed by atoms with Gasteiger partial charge in [-0.1, -0.05) is 18.6 Å². The molecule has 4 nitrogen and oxygen atoms in total. The van der Waals surface area contributed by atoms with Crippen LogP contribution >= 0.6 is 0 Å². The number of imidazole rings is 1. The van der Waals surface area contributed by atoms with E-state index in [1.165, 1.54) is 49.2 Å². The molecule has 4 heteroatoms. The summed E-state index contributed by atoms with van der Waals surface area (Å²) < 4.78 is 2.49. The second-order valence-electron chi connectivity index (χ2n) is 8.05. The Kier molecular flexibility index (Phi) is 5.08. The zero-order valence-electron chi connectivity index (χ0n) is 15.7. The van der Waals surface area contributed by atoms with Crippen LogP contribution in [0, 0.1) is 24.2 Å². The number of rotatable bonds is 5. The Labute approximate surface area is 156 Å². The number of piperidine rings is 1. The fraction of sp³-hybridized carbons (Fsp3) is 0.545. The first kappa shape index (κ1) is 17.3. The Bertz CT molecular complexity index is 797. The van der Waals surface area contributed by atoms with Gasteiger partial charge in [0.15, 0.2) is 0 Å². The highest BCUT2D eigenvalue weighted by Crippen LogP contribution is 2.36. The van der Waals surface area contributed by atoms with E-state index in [0.717, 1.165) is 31.7 Å². The maximum absolute atomic E-state index is 9.10. The Hall–Kier alpha value is -2.12. The first-order chi connectivity index (χ1) is 12.7. The van der Waals surface area contributed by atoms with Gasteiger partial charge in [0.1, 0.15) is 5.82 Å². The minimum absolute atomic E-state index is 0.689. The standard InChI is InChI=1S/C22H28N4/c1-17-13-24-22(21-8-3-9-21)26(17)16-20-7-4-10-25(15-20)14-19-6-2-5-18(11-19)12-23/h2,5-6,11,13,20-21H,3-4,7-10,14-16H2,1H3. The van der Waals surface area contributed by atoms with E-state index in [-0.39, 0.29) is 0 Å². The largest absolute Gasteiger partial charge is 0.332 e. The Balaban J connectivity index is 1.41. The van der Waals surface area contributed by atoms with Crippen molar-refractivity contribution in [3.63, 3.8) is 0 Å². The van der Waals surface area contributed by atoms with E-state index in [0.29, 0.717) is 11.8 Å². The van der Waals surface area contributed by atoms with Crippen LogP contribution in [0.4, 0.5) is 0 Å². The van der Waals surface area contributed by atoms with Crippen molar-refractivity contribution in [2.24, 2.45) is 5.92 Å². The number of aryl methyl sites for hydroxylation is 1. The summed E-state index contributed by atoms with van der Waals surface area (Å²) in [6, 6.07) is 10.3. The molecule has 1 unspecified atom stereocenters. The Morgan fingerprint density at radius 1 is 1.23 bits per heavy atom. The molecule has 1 aliphatic carbocycles. The third-order valence-corrected chi connectivity index (χ3v) is 6.06. The lowest BCUT2D eigenvalue weighted by molar-refractivity contribution is 0.154. The average molecular weight is 348 g/mol. The molecule has 1 atom stereocenters. The molecule has 2 fully saturated rings. The molecule has 0 radical (unpaired) electrons. The van der Waals surface area contributed by atoms with Gasteiger partial charge >= 0.3 is 0 Å². The van der Waals surface area contributed by atoms with Gasteiger partial charge in [0.25, 0.3) is 0 Å². The summed E-state index contributed by atoms with van der Waals surface area (Å²) in [4.78, 5) is 7.28. The predicted molar refractivity (Wildman–Crippen MR) is 103 cm³/mol. The number of aromatic nitrogens is 2. The summed E-state index contributed by atoms with van der Waals surface area (Å²) in [6.45, 7) is 6.55. The molecule has 26 heavy (non-hydrogen) atoms. The van der Waals surface area contributed by atoms with E-state index in [1.54, 1.807) is 0 Å². The molecule has 136 valence electrons. The van der Waals surface area contributed by atoms with E-state index in [2.05, 4.69) is 34.7 Å². The van der Waals surface area contributed by atoms with Crippen LogP contribution in [-0.2, 0) is 13.1 Å². The minimum atomic E-state index is 0.689. The molecule has 1 aromatic heterocycles. The number of hydrogen-bond acceptors (Lipinski definition) is 3. The van der Waals surface area contributed by atoms with Gasteiger partial charge in [-0.25, -0.2) is 4.98 Å². The second-order valence-corrected chi connectivity index (χ2v) is 8.05. The number of nitrogens with zero attached hydrogens (tertiary/aromatic N) is 4. The molecule has 4 rings (SSSR count). The molecule has 0 bridgehead atoms. The molecule has 1 saturated carbocycles. The molecular weight excluding hydrogens is 320 g/mol. The van der Waals surface area contributed by atoms with Gasteiger partial charge in [-0.15, -0.1) is 0 Å². The van der Waals surface area contributed by atoms with Gasteiger partial charge in [-0.2, -0.15) is 5.26 Å². The third kappa shape index (κ3) is 3.68. The lowest BCUT2D eigenvalue weighted by Gasteiger charge is -2.34. The van der Waals surface area contributed by atoms with Gasteiger partial charge in [-0.05, 0) is 62.8 Å². The highest BCUT2D eigenvalue weighted by atomic mass is 15.1. The van der Waals surface area contributed by atoms with Crippen LogP contribution in [0.3, 0.4) is 0 Å². The zero-order valence-corrected chi connectivity index (χ0v) is 15.7. The lowest BCUT2D eigenvalue weighted by atomic mass is 9.84. The first-order valence-corrected chi connectivity index (χ1v) is 9.96. The summed E-state index contributed by atoms with van der Waals surface area (Å²) in [5.74, 6) is 2.71. The van der Waals surface area contributed by atoms with Crippen LogP contribution in [0.15, 0.2) is 30.5 Å². The number of nitriles is 1. The first-order valence-electron chi connectivity index (χ1n) is 9.96. The van der Waals surface area contributed by atoms with Crippen LogP contribution in [0.1, 0.15) is 60.7 Å². The van der Waals surface area contributed by atoms with Crippen molar-refractivity contribution in [1.29, 1.82) is 5.26 Å². The van der Waals surface area contributed by atoms with Crippen molar-refractivity contribution in [1.82, 2.24) is 14.5 Å². The van der Waals surface area contributed by atoms with Crippen LogP contribution in [0.25, 0.3) is 0 Å². The summed E-state index contributed by atoms with van der Waals surface area (Å²) in [5, 5.41) is 9.10. The third-order valence-electron chi connectivity index (χ3n) is 6.06. The number of hydrogen-bond donors (Lipinski definition) is 0. The molecule has 2 aliphatic rings. The van der Waals surface area contributed by atoms with E-state index in [9.17, 15) is 0 Å². The minimum Gasteiger partial charge on any atom is -0.332 e. The summed E-state index contributed by atoms with van der Waals surface area (Å²) in [5.41, 5.74) is 3.32. The van der Waals surface area contributed by atoms with E-state index in [1.807, 2.05) is 18.2 Å². The number of likely N-dealkylation sites (tertiary alicyclic amines) is 1. The monoisotopic (exact) mass is 348 g/mol. The average Bonchev–Trinajstić information content (AvgIpc) is 2.95. The van der Waals surface area contributed by atoms with Crippen LogP contribution in [0.2, 0.25) is 0 Å². The van der Waals surface area contributed by atoms with Gasteiger partial charge in [0.2, 0.25) is 0 Å². The summed E-state index contributed by atoms with van der Waals surface area (Å²) >= 11 is 0. The highest BCUT2D eigenvalue weighted by molar-refractivity contribution is 5.32. The molecule has 0 spiro atoms. The maximum Gasteiger partial charge on any atom is 0.111 e. The maximum atomic E-state index is 9.10. The van der Waals surface area contributed by atoms with Crippen LogP contribution < -0.4 is 0 Å². The van der Waals surface area contributed by atoms with Crippen molar-refractivity contribution >= 4 is 0 Å². The fourth-order valence-corrected chi connectivity index (χ4v) is 4.41. The Morgan fingerprint density at radius 2 is 2.12 bits per heavy atom. The van der Waals surface area contributed by atoms with E-state index < -0.39 is 0 Å². The number of benzene rings is 1. The normalized spacial score (nSPS) is 21.3. The van der Waals surface area contributed by atoms with Crippen molar-refractivity contribution in [2.45, 2.75) is 58.0 Å². The molecule has 1 aromatic carbocycles. The van der Waals surface area contributed by atoms with Gasteiger partial charge in [0.05, 0.1) is 11.6 Å². The molecule has 2 heterocycles. The fourth-order valence-electron chi connectivity index (χ4n) is 4.41. The molecule has 2 aromatic rings. The SMILES string of the molecule is Cc1cnc(C2CCC2)n1CC1CCCN(Cc2cccc(C#N)c2)C1. The van der Waals surface area contributed by atoms with Crippen molar-refractivity contribution in [3.05, 3.63) is 53.1 Å². The second kappa shape index (κ2) is 7.63. The van der Waals surface area contributed by atoms with E-state index >= 15 is 0 Å². The molecule has 1 aliphatic heterocycles. The zero-order chi connectivity index (χ0) is 17.9. The van der Waals surface area contributed by atoms with E-state index in [4.69, 9.17) is 10.2 Å². The molecule has 0 amide bonds. The molecule has 0 N–H and O–H groups in total. The van der Waals surface area contributed by atoms with Crippen molar-refractivity contribution < 1.29 is 0 Å². The molecule has 1 saturated heterocycles. The Morgan fingerprint density at radius 3 is 2.88 bits per heavy atom. The topological polar surface area (TPSA) is 44.9 Å². The highest BCUT2D eigenvalue weighted by Gasteiger charge is 2.27. The van der Waals surface area contributed by atoms with Crippen molar-refractivity contribution in [2.75, 3.05) is 13.1 Å². The van der Waals surface area contributed by atoms with Gasteiger partial charge in [0, 0.05) is 37.4 Å². The smallest absolute Gasteiger partial charge is 0.111 e. The lowest BCUT2D eigenvalue weighted by Crippen LogP contribution is -2.37. The van der Waals surface area contributed by atoms with Crippen molar-refractivity contribution in [3.8, 4) is 6.07 Å². The summed E-state index contributed by atoms with van der Waals surface area (Å²) in [7, 11) is 0. The molecular formula is C22H28N4. The van der Waals surface area contributed by atoms with Gasteiger partial charge < -0.3 is 4.57 Å². The quantitative estimate of drug-likeness (QED) is 0.812. The van der Waals surface area contributed by atoms with Crippen LogP contribution in [0.5, 0.6) is 0 Å². The summed E-state index contributed by atoms with van der Waals surface area (Å²) in [6.07, 6.45) is 8.59.